The fourth-order valence-corrected chi connectivity index (χ4v) is 2.75. The van der Waals surface area contributed by atoms with Gasteiger partial charge in [-0.05, 0) is 21.5 Å². The van der Waals surface area contributed by atoms with Gasteiger partial charge in [0.05, 0.1) is 11.1 Å². The molecule has 0 unspecified atom stereocenters. The molecule has 0 aliphatic heterocycles. The van der Waals surface area contributed by atoms with E-state index in [0.717, 1.165) is 11.1 Å². The summed E-state index contributed by atoms with van der Waals surface area (Å²) in [6.45, 7) is 0.0201. The first kappa shape index (κ1) is 17.7. The van der Waals surface area contributed by atoms with E-state index in [2.05, 4.69) is 15.9 Å². The fraction of sp³-hybridized carbons (Fsp3) is 0.294. The maximum Gasteiger partial charge on any atom is 0.188 e. The van der Waals surface area contributed by atoms with E-state index in [1.165, 1.54) is 0 Å². The van der Waals surface area contributed by atoms with E-state index in [-0.39, 0.29) is 20.2 Å². The number of methoxy groups -OCH3 is 2. The van der Waals surface area contributed by atoms with Crippen molar-refractivity contribution in [3.05, 3.63) is 46.4 Å². The highest BCUT2D eigenvalue weighted by Crippen LogP contribution is 2.43. The van der Waals surface area contributed by atoms with E-state index in [9.17, 15) is 5.11 Å². The zero-order valence-electron chi connectivity index (χ0n) is 13.0. The Hall–Kier alpha value is -1.60. The van der Waals surface area contributed by atoms with E-state index < -0.39 is 0 Å². The third-order valence-electron chi connectivity index (χ3n) is 3.18. The molecule has 0 aliphatic carbocycles. The van der Waals surface area contributed by atoms with Crippen molar-refractivity contribution < 1.29 is 24.1 Å². The summed E-state index contributed by atoms with van der Waals surface area (Å²) in [6.07, 6.45) is 0. The summed E-state index contributed by atoms with van der Waals surface area (Å²) in [5.74, 6) is 1.10. The van der Waals surface area contributed by atoms with Crippen LogP contribution in [-0.4, -0.2) is 32.9 Å². The van der Waals surface area contributed by atoms with Gasteiger partial charge in [0.15, 0.2) is 13.6 Å². The van der Waals surface area contributed by atoms with Gasteiger partial charge in [-0.25, -0.2) is 0 Å². The molecule has 0 amide bonds. The summed E-state index contributed by atoms with van der Waals surface area (Å²) < 4.78 is 21.8. The molecular formula is C17H19BrO5. The minimum Gasteiger partial charge on any atom is -0.467 e. The van der Waals surface area contributed by atoms with Crippen LogP contribution in [0.15, 0.2) is 40.9 Å². The van der Waals surface area contributed by atoms with E-state index in [1.54, 1.807) is 20.3 Å². The van der Waals surface area contributed by atoms with Crippen molar-refractivity contribution in [3.8, 4) is 22.6 Å². The summed E-state index contributed by atoms with van der Waals surface area (Å²) in [6, 6.07) is 11.5. The molecule has 0 aromatic heterocycles. The van der Waals surface area contributed by atoms with Crippen molar-refractivity contribution in [1.29, 1.82) is 0 Å². The minimum atomic E-state index is -0.168. The topological polar surface area (TPSA) is 57.2 Å². The monoisotopic (exact) mass is 382 g/mol. The molecule has 0 saturated heterocycles. The molecule has 0 saturated carbocycles. The number of ether oxygens (including phenoxy) is 4. The Labute approximate surface area is 143 Å². The van der Waals surface area contributed by atoms with Gasteiger partial charge in [0, 0.05) is 31.4 Å². The molecule has 23 heavy (non-hydrogen) atoms. The molecule has 2 rings (SSSR count). The summed E-state index contributed by atoms with van der Waals surface area (Å²) in [5.41, 5.74) is 2.40. The van der Waals surface area contributed by atoms with Gasteiger partial charge >= 0.3 is 0 Å². The molecule has 0 aliphatic rings. The van der Waals surface area contributed by atoms with Crippen LogP contribution in [0, 0.1) is 0 Å². The number of rotatable bonds is 8. The third-order valence-corrected chi connectivity index (χ3v) is 4.05. The minimum absolute atomic E-state index is 0.0933. The number of hydrogen-bond acceptors (Lipinski definition) is 5. The summed E-state index contributed by atoms with van der Waals surface area (Å²) >= 11 is 3.49. The van der Waals surface area contributed by atoms with Crippen molar-refractivity contribution >= 4 is 15.9 Å². The Balaban J connectivity index is 2.59. The Morgan fingerprint density at radius 1 is 0.957 bits per heavy atom. The van der Waals surface area contributed by atoms with Gasteiger partial charge in [0.25, 0.3) is 0 Å². The standard InChI is InChI=1S/C17H19BrO5/c1-20-10-22-14-8-15(23-11-21-2)17(18)13(9-19)16(14)12-6-4-3-5-7-12/h3-8,19H,9-11H2,1-2H3. The number of benzene rings is 2. The zero-order chi connectivity index (χ0) is 16.7. The summed E-state index contributed by atoms with van der Waals surface area (Å²) in [4.78, 5) is 0. The second-order valence-electron chi connectivity index (χ2n) is 4.67. The Bertz CT molecular complexity index is 631. The Morgan fingerprint density at radius 2 is 1.57 bits per heavy atom. The molecule has 0 radical (unpaired) electrons. The highest BCUT2D eigenvalue weighted by Gasteiger charge is 2.19. The van der Waals surface area contributed by atoms with Crippen molar-refractivity contribution in [2.75, 3.05) is 27.8 Å². The molecular weight excluding hydrogens is 364 g/mol. The van der Waals surface area contributed by atoms with E-state index in [0.29, 0.717) is 21.5 Å². The molecule has 0 atom stereocenters. The molecule has 1 N–H and O–H groups in total. The molecule has 0 bridgehead atoms. The quantitative estimate of drug-likeness (QED) is 0.707. The predicted molar refractivity (Wildman–Crippen MR) is 90.5 cm³/mol. The van der Waals surface area contributed by atoms with Gasteiger partial charge < -0.3 is 24.1 Å². The lowest BCUT2D eigenvalue weighted by Gasteiger charge is -2.19. The highest BCUT2D eigenvalue weighted by molar-refractivity contribution is 9.10. The van der Waals surface area contributed by atoms with Crippen molar-refractivity contribution in [1.82, 2.24) is 0 Å². The van der Waals surface area contributed by atoms with Crippen LogP contribution >= 0.6 is 15.9 Å². The molecule has 6 heteroatoms. The molecule has 5 nitrogen and oxygen atoms in total. The number of hydrogen-bond donors (Lipinski definition) is 1. The van der Waals surface area contributed by atoms with Crippen LogP contribution in [0.3, 0.4) is 0 Å². The van der Waals surface area contributed by atoms with Gasteiger partial charge in [-0.1, -0.05) is 30.3 Å². The summed E-state index contributed by atoms with van der Waals surface area (Å²) in [7, 11) is 3.10. The Kier molecular flexibility index (Phi) is 6.85. The van der Waals surface area contributed by atoms with Gasteiger partial charge in [-0.3, -0.25) is 0 Å². The van der Waals surface area contributed by atoms with E-state index >= 15 is 0 Å². The molecule has 2 aromatic carbocycles. The first-order chi connectivity index (χ1) is 11.2. The Morgan fingerprint density at radius 3 is 2.13 bits per heavy atom. The average molecular weight is 383 g/mol. The number of aliphatic hydroxyl groups excluding tert-OH is 1. The second-order valence-corrected chi connectivity index (χ2v) is 5.46. The molecule has 2 aromatic rings. The van der Waals surface area contributed by atoms with Crippen LogP contribution in [0.1, 0.15) is 5.56 Å². The normalized spacial score (nSPS) is 10.6. The molecule has 124 valence electrons. The van der Waals surface area contributed by atoms with Gasteiger partial charge in [-0.2, -0.15) is 0 Å². The SMILES string of the molecule is COCOc1cc(OCOC)c(-c2ccccc2)c(CO)c1Br. The molecule has 0 fully saturated rings. The maximum atomic E-state index is 9.86. The average Bonchev–Trinajstić information content (AvgIpc) is 2.59. The zero-order valence-corrected chi connectivity index (χ0v) is 14.6. The second kappa shape index (κ2) is 8.88. The lowest BCUT2D eigenvalue weighted by molar-refractivity contribution is 0.0457. The predicted octanol–water partition coefficient (Wildman–Crippen LogP) is 3.57. The van der Waals surface area contributed by atoms with Crippen LogP contribution in [0.2, 0.25) is 0 Å². The van der Waals surface area contributed by atoms with Gasteiger partial charge in [-0.15, -0.1) is 0 Å². The first-order valence-corrected chi connectivity index (χ1v) is 7.77. The van der Waals surface area contributed by atoms with Crippen molar-refractivity contribution in [2.45, 2.75) is 6.61 Å². The molecule has 0 spiro atoms. The third kappa shape index (κ3) is 4.23. The largest absolute Gasteiger partial charge is 0.467 e. The summed E-state index contributed by atoms with van der Waals surface area (Å²) in [5, 5.41) is 9.86. The smallest absolute Gasteiger partial charge is 0.188 e. The lowest BCUT2D eigenvalue weighted by atomic mass is 9.98. The van der Waals surface area contributed by atoms with Crippen LogP contribution < -0.4 is 9.47 Å². The van der Waals surface area contributed by atoms with Gasteiger partial charge in [0.1, 0.15) is 11.5 Å². The van der Waals surface area contributed by atoms with Crippen LogP contribution in [0.5, 0.6) is 11.5 Å². The van der Waals surface area contributed by atoms with Crippen molar-refractivity contribution in [2.24, 2.45) is 0 Å². The van der Waals surface area contributed by atoms with E-state index in [1.807, 2.05) is 30.3 Å². The lowest BCUT2D eigenvalue weighted by Crippen LogP contribution is -2.06. The van der Waals surface area contributed by atoms with Crippen LogP contribution in [-0.2, 0) is 16.1 Å². The number of aliphatic hydroxyl groups is 1. The fourth-order valence-electron chi connectivity index (χ4n) is 2.20. The maximum absolute atomic E-state index is 9.86. The van der Waals surface area contributed by atoms with Crippen LogP contribution in [0.25, 0.3) is 11.1 Å². The molecule has 0 heterocycles. The van der Waals surface area contributed by atoms with Crippen LogP contribution in [0.4, 0.5) is 0 Å². The van der Waals surface area contributed by atoms with Crippen molar-refractivity contribution in [3.63, 3.8) is 0 Å². The number of halogens is 1. The van der Waals surface area contributed by atoms with E-state index in [4.69, 9.17) is 18.9 Å². The first-order valence-electron chi connectivity index (χ1n) is 6.98. The van der Waals surface area contributed by atoms with Gasteiger partial charge in [0.2, 0.25) is 0 Å². The highest BCUT2D eigenvalue weighted by atomic mass is 79.9.